The van der Waals surface area contributed by atoms with E-state index in [0.717, 1.165) is 0 Å². The Morgan fingerprint density at radius 2 is 1.47 bits per heavy atom. The van der Waals surface area contributed by atoms with Crippen molar-refractivity contribution in [3.05, 3.63) is 0 Å². The number of nitrogens with one attached hydrogen (secondary N) is 2. The quantitative estimate of drug-likeness (QED) is 0.568. The van der Waals surface area contributed by atoms with Gasteiger partial charge in [-0.2, -0.15) is 13.2 Å². The van der Waals surface area contributed by atoms with E-state index in [9.17, 15) is 22.8 Å². The maximum atomic E-state index is 11.8. The highest BCUT2D eigenvalue weighted by atomic mass is 19.4. The Kier molecular flexibility index (Phi) is 8.73. The molecule has 0 saturated carbocycles. The summed E-state index contributed by atoms with van der Waals surface area (Å²) in [5.74, 6) is -0.880. The van der Waals surface area contributed by atoms with Gasteiger partial charge in [-0.1, -0.05) is 0 Å². The topological polar surface area (TPSA) is 78.4 Å². The van der Waals surface area contributed by atoms with E-state index in [4.69, 9.17) is 5.11 Å². The molecule has 5 nitrogen and oxygen atoms in total. The number of carboxylic acids is 1. The monoisotopic (exact) mass is 284 g/mol. The number of alkyl halides is 3. The third kappa shape index (κ3) is 14.5. The molecule has 19 heavy (non-hydrogen) atoms. The molecule has 0 atom stereocenters. The van der Waals surface area contributed by atoms with Gasteiger partial charge < -0.3 is 15.7 Å². The molecule has 0 aromatic carbocycles. The zero-order valence-corrected chi connectivity index (χ0v) is 10.6. The van der Waals surface area contributed by atoms with E-state index in [-0.39, 0.29) is 25.8 Å². The molecule has 0 aliphatic heterocycles. The SMILES string of the molecule is O=C(O)CCCCNC(=O)NCCCCC(F)(F)F. The van der Waals surface area contributed by atoms with E-state index in [0.29, 0.717) is 19.4 Å². The molecule has 8 heteroatoms. The molecule has 0 fully saturated rings. The zero-order chi connectivity index (χ0) is 14.7. The van der Waals surface area contributed by atoms with Gasteiger partial charge in [0.05, 0.1) is 0 Å². The summed E-state index contributed by atoms with van der Waals surface area (Å²) in [4.78, 5) is 21.3. The van der Waals surface area contributed by atoms with Gasteiger partial charge in [0.25, 0.3) is 0 Å². The first kappa shape index (κ1) is 17.5. The second-order valence-corrected chi connectivity index (χ2v) is 4.11. The molecule has 0 saturated heterocycles. The van der Waals surface area contributed by atoms with Crippen LogP contribution in [0.3, 0.4) is 0 Å². The van der Waals surface area contributed by atoms with E-state index in [2.05, 4.69) is 10.6 Å². The van der Waals surface area contributed by atoms with E-state index < -0.39 is 24.6 Å². The Labute approximate surface area is 109 Å². The Balaban J connectivity index is 3.33. The fourth-order valence-corrected chi connectivity index (χ4v) is 1.32. The lowest BCUT2D eigenvalue weighted by molar-refractivity contribution is -0.137. The third-order valence-corrected chi connectivity index (χ3v) is 2.28. The van der Waals surface area contributed by atoms with Gasteiger partial charge >= 0.3 is 18.2 Å². The second kappa shape index (κ2) is 9.46. The lowest BCUT2D eigenvalue weighted by Crippen LogP contribution is -2.36. The number of carbonyl (C=O) groups is 2. The van der Waals surface area contributed by atoms with Crippen LogP contribution >= 0.6 is 0 Å². The average Bonchev–Trinajstić information content (AvgIpc) is 2.26. The Bertz CT molecular complexity index is 283. The maximum absolute atomic E-state index is 11.8. The minimum atomic E-state index is -4.15. The number of halogens is 3. The van der Waals surface area contributed by atoms with Crippen molar-refractivity contribution in [3.8, 4) is 0 Å². The molecule has 0 radical (unpaired) electrons. The van der Waals surface area contributed by atoms with E-state index >= 15 is 0 Å². The Hall–Kier alpha value is -1.47. The highest BCUT2D eigenvalue weighted by Crippen LogP contribution is 2.21. The predicted molar refractivity (Wildman–Crippen MR) is 62.8 cm³/mol. The molecule has 3 N–H and O–H groups in total. The number of urea groups is 1. The Morgan fingerprint density at radius 3 is 1.95 bits per heavy atom. The van der Waals surface area contributed by atoms with Crippen LogP contribution in [0.2, 0.25) is 0 Å². The van der Waals surface area contributed by atoms with Gasteiger partial charge in [-0.3, -0.25) is 4.79 Å². The van der Waals surface area contributed by atoms with Crippen LogP contribution in [0.5, 0.6) is 0 Å². The van der Waals surface area contributed by atoms with Crippen molar-refractivity contribution in [2.45, 2.75) is 44.7 Å². The number of amides is 2. The molecule has 0 bridgehead atoms. The molecular weight excluding hydrogens is 265 g/mol. The van der Waals surface area contributed by atoms with Crippen LogP contribution in [-0.2, 0) is 4.79 Å². The minimum absolute atomic E-state index is 0.0115. The molecule has 0 spiro atoms. The van der Waals surface area contributed by atoms with Crippen LogP contribution in [0.15, 0.2) is 0 Å². The molecule has 0 rings (SSSR count). The number of hydrogen-bond donors (Lipinski definition) is 3. The highest BCUT2D eigenvalue weighted by molar-refractivity contribution is 5.73. The van der Waals surface area contributed by atoms with Gasteiger partial charge in [0, 0.05) is 25.9 Å². The summed E-state index contributed by atoms with van der Waals surface area (Å²) in [5.41, 5.74) is 0. The minimum Gasteiger partial charge on any atom is -0.481 e. The molecule has 0 aliphatic carbocycles. The zero-order valence-electron chi connectivity index (χ0n) is 10.6. The van der Waals surface area contributed by atoms with Crippen molar-refractivity contribution in [1.82, 2.24) is 10.6 Å². The fourth-order valence-electron chi connectivity index (χ4n) is 1.32. The van der Waals surface area contributed by atoms with Crippen molar-refractivity contribution in [3.63, 3.8) is 0 Å². The Morgan fingerprint density at radius 1 is 0.947 bits per heavy atom. The molecule has 112 valence electrons. The largest absolute Gasteiger partial charge is 0.481 e. The predicted octanol–water partition coefficient (Wildman–Crippen LogP) is 2.27. The molecular formula is C11H19F3N2O3. The van der Waals surface area contributed by atoms with Gasteiger partial charge in [-0.25, -0.2) is 4.79 Å². The van der Waals surface area contributed by atoms with Gasteiger partial charge in [-0.05, 0) is 25.7 Å². The van der Waals surface area contributed by atoms with Crippen LogP contribution in [-0.4, -0.2) is 36.4 Å². The number of aliphatic carboxylic acids is 1. The van der Waals surface area contributed by atoms with Gasteiger partial charge in [0.1, 0.15) is 0 Å². The maximum Gasteiger partial charge on any atom is 0.389 e. The molecule has 0 aromatic rings. The van der Waals surface area contributed by atoms with Crippen molar-refractivity contribution in [2.24, 2.45) is 0 Å². The first-order valence-electron chi connectivity index (χ1n) is 6.11. The smallest absolute Gasteiger partial charge is 0.389 e. The molecule has 0 aliphatic rings. The number of carbonyl (C=O) groups excluding carboxylic acids is 1. The lowest BCUT2D eigenvalue weighted by atomic mass is 10.2. The van der Waals surface area contributed by atoms with Crippen molar-refractivity contribution < 1.29 is 27.9 Å². The summed E-state index contributed by atoms with van der Waals surface area (Å²) in [7, 11) is 0. The lowest BCUT2D eigenvalue weighted by Gasteiger charge is -2.08. The summed E-state index contributed by atoms with van der Waals surface area (Å²) in [6.45, 7) is 0.540. The summed E-state index contributed by atoms with van der Waals surface area (Å²) in [5, 5.41) is 13.3. The first-order valence-corrected chi connectivity index (χ1v) is 6.11. The normalized spacial score (nSPS) is 11.1. The molecule has 2 amide bonds. The summed E-state index contributed by atoms with van der Waals surface area (Å²) >= 11 is 0. The average molecular weight is 284 g/mol. The third-order valence-electron chi connectivity index (χ3n) is 2.28. The number of rotatable bonds is 9. The van der Waals surface area contributed by atoms with Gasteiger partial charge in [-0.15, -0.1) is 0 Å². The second-order valence-electron chi connectivity index (χ2n) is 4.11. The van der Waals surface area contributed by atoms with Crippen LogP contribution in [0.1, 0.15) is 38.5 Å². The van der Waals surface area contributed by atoms with Gasteiger partial charge in [0.2, 0.25) is 0 Å². The van der Waals surface area contributed by atoms with Crippen LogP contribution < -0.4 is 10.6 Å². The number of carboxylic acid groups (broad SMARTS) is 1. The van der Waals surface area contributed by atoms with Crippen molar-refractivity contribution >= 4 is 12.0 Å². The van der Waals surface area contributed by atoms with Crippen molar-refractivity contribution in [1.29, 1.82) is 0 Å². The van der Waals surface area contributed by atoms with E-state index in [1.165, 1.54) is 0 Å². The van der Waals surface area contributed by atoms with Crippen LogP contribution in [0.25, 0.3) is 0 Å². The fraction of sp³-hybridized carbons (Fsp3) is 0.818. The highest BCUT2D eigenvalue weighted by Gasteiger charge is 2.25. The molecule has 0 aromatic heterocycles. The summed E-state index contributed by atoms with van der Waals surface area (Å²) in [6, 6.07) is -0.442. The number of unbranched alkanes of at least 4 members (excludes halogenated alkanes) is 2. The van der Waals surface area contributed by atoms with E-state index in [1.54, 1.807) is 0 Å². The van der Waals surface area contributed by atoms with Crippen LogP contribution in [0.4, 0.5) is 18.0 Å². The van der Waals surface area contributed by atoms with E-state index in [1.807, 2.05) is 0 Å². The van der Waals surface area contributed by atoms with Crippen molar-refractivity contribution in [2.75, 3.05) is 13.1 Å². The molecule has 0 heterocycles. The van der Waals surface area contributed by atoms with Gasteiger partial charge in [0.15, 0.2) is 0 Å². The molecule has 0 unspecified atom stereocenters. The summed E-state index contributed by atoms with van der Waals surface area (Å²) < 4.78 is 35.4. The number of hydrogen-bond acceptors (Lipinski definition) is 2. The first-order chi connectivity index (χ1) is 8.81. The van der Waals surface area contributed by atoms with Crippen LogP contribution in [0, 0.1) is 0 Å². The standard InChI is InChI=1S/C11H19F3N2O3/c12-11(13,14)6-2-4-8-16-10(19)15-7-3-1-5-9(17)18/h1-8H2,(H,17,18)(H2,15,16,19). The summed E-state index contributed by atoms with van der Waals surface area (Å²) in [6.07, 6.45) is -3.65.